The number of nitrogens with zero attached hydrogens (tertiary/aromatic N) is 5. The lowest BCUT2D eigenvalue weighted by molar-refractivity contribution is 0.174. The summed E-state index contributed by atoms with van der Waals surface area (Å²) in [5.41, 5.74) is 0. The molecule has 1 aliphatic heterocycles. The number of piperidine rings is 1. The molecule has 8 heteroatoms. The summed E-state index contributed by atoms with van der Waals surface area (Å²) in [7, 11) is 0. The highest BCUT2D eigenvalue weighted by atomic mass is 16.5. The van der Waals surface area contributed by atoms with Gasteiger partial charge in [-0.25, -0.2) is 0 Å². The first-order valence-electron chi connectivity index (χ1n) is 7.23. The highest BCUT2D eigenvalue weighted by Crippen LogP contribution is 2.13. The zero-order valence-corrected chi connectivity index (χ0v) is 12.4. The Morgan fingerprint density at radius 1 is 1.24 bits per heavy atom. The quantitative estimate of drug-likeness (QED) is 0.866. The molecular formula is C13H20N6O2. The van der Waals surface area contributed by atoms with E-state index in [0.717, 1.165) is 38.3 Å². The molecule has 0 bridgehead atoms. The van der Waals surface area contributed by atoms with Crippen LogP contribution in [0.4, 0.5) is 0 Å². The second kappa shape index (κ2) is 6.31. The predicted octanol–water partition coefficient (Wildman–Crippen LogP) is 0.824. The molecule has 21 heavy (non-hydrogen) atoms. The Morgan fingerprint density at radius 2 is 2.14 bits per heavy atom. The number of hydrogen-bond donors (Lipinski definition) is 1. The number of hydrogen-bond acceptors (Lipinski definition) is 8. The number of likely N-dealkylation sites (tertiary alicyclic amines) is 1. The lowest BCUT2D eigenvalue weighted by Gasteiger charge is -2.32. The summed E-state index contributed by atoms with van der Waals surface area (Å²) in [5, 5.41) is 11.2. The molecule has 1 unspecified atom stereocenters. The van der Waals surface area contributed by atoms with Crippen molar-refractivity contribution in [3.05, 3.63) is 23.4 Å². The molecule has 0 spiro atoms. The van der Waals surface area contributed by atoms with E-state index in [1.165, 1.54) is 0 Å². The molecule has 1 fully saturated rings. The van der Waals surface area contributed by atoms with Crippen molar-refractivity contribution in [2.24, 2.45) is 0 Å². The van der Waals surface area contributed by atoms with Crippen LogP contribution in [0.5, 0.6) is 0 Å². The Kier molecular flexibility index (Phi) is 4.26. The fourth-order valence-electron chi connectivity index (χ4n) is 2.61. The topological polar surface area (TPSA) is 93.1 Å². The van der Waals surface area contributed by atoms with Crippen LogP contribution in [-0.2, 0) is 13.1 Å². The SMILES string of the molecule is Cc1noc(CNC2CCCN(Cc3noc(C)n3)C2)n1. The number of aromatic nitrogens is 4. The van der Waals surface area contributed by atoms with E-state index in [1.54, 1.807) is 0 Å². The van der Waals surface area contributed by atoms with Crippen molar-refractivity contribution in [2.75, 3.05) is 13.1 Å². The highest BCUT2D eigenvalue weighted by Gasteiger charge is 2.21. The van der Waals surface area contributed by atoms with E-state index in [0.29, 0.717) is 30.2 Å². The maximum atomic E-state index is 5.11. The number of nitrogens with one attached hydrogen (secondary N) is 1. The van der Waals surface area contributed by atoms with Crippen LogP contribution in [0.15, 0.2) is 9.05 Å². The standard InChI is InChI=1S/C13H20N6O2/c1-9-15-13(21-17-9)6-14-11-4-3-5-19(7-11)8-12-16-10(2)20-18-12/h11,14H,3-8H2,1-2H3. The van der Waals surface area contributed by atoms with Gasteiger partial charge in [0.2, 0.25) is 11.8 Å². The van der Waals surface area contributed by atoms with Gasteiger partial charge in [-0.05, 0) is 26.3 Å². The summed E-state index contributed by atoms with van der Waals surface area (Å²) >= 11 is 0. The molecule has 0 radical (unpaired) electrons. The van der Waals surface area contributed by atoms with Gasteiger partial charge in [0.15, 0.2) is 11.6 Å². The molecular weight excluding hydrogens is 272 g/mol. The minimum Gasteiger partial charge on any atom is -0.340 e. The van der Waals surface area contributed by atoms with E-state index in [1.807, 2.05) is 13.8 Å². The molecule has 1 aliphatic rings. The summed E-state index contributed by atoms with van der Waals surface area (Å²) in [6.45, 7) is 6.99. The van der Waals surface area contributed by atoms with Crippen LogP contribution in [0.2, 0.25) is 0 Å². The molecule has 0 amide bonds. The van der Waals surface area contributed by atoms with E-state index in [9.17, 15) is 0 Å². The average Bonchev–Trinajstić information content (AvgIpc) is 3.06. The van der Waals surface area contributed by atoms with Crippen LogP contribution in [0.3, 0.4) is 0 Å². The summed E-state index contributed by atoms with van der Waals surface area (Å²) < 4.78 is 10.1. The van der Waals surface area contributed by atoms with E-state index < -0.39 is 0 Å². The molecule has 2 aromatic rings. The van der Waals surface area contributed by atoms with Gasteiger partial charge in [-0.3, -0.25) is 4.90 Å². The van der Waals surface area contributed by atoms with Crippen LogP contribution < -0.4 is 5.32 Å². The van der Waals surface area contributed by atoms with Crippen molar-refractivity contribution < 1.29 is 9.05 Å². The van der Waals surface area contributed by atoms with Crippen LogP contribution >= 0.6 is 0 Å². The largest absolute Gasteiger partial charge is 0.340 e. The third-order valence-corrected chi connectivity index (χ3v) is 3.55. The fraction of sp³-hybridized carbons (Fsp3) is 0.692. The average molecular weight is 292 g/mol. The molecule has 8 nitrogen and oxygen atoms in total. The Hall–Kier alpha value is -1.80. The van der Waals surface area contributed by atoms with Crippen LogP contribution in [0, 0.1) is 13.8 Å². The molecule has 1 saturated heterocycles. The maximum Gasteiger partial charge on any atom is 0.240 e. The summed E-state index contributed by atoms with van der Waals surface area (Å²) in [5.74, 6) is 2.67. The second-order valence-electron chi connectivity index (χ2n) is 5.42. The van der Waals surface area contributed by atoms with Crippen LogP contribution in [0.1, 0.15) is 36.3 Å². The Labute approximate surface area is 122 Å². The third kappa shape index (κ3) is 3.85. The first-order chi connectivity index (χ1) is 10.2. The van der Waals surface area contributed by atoms with Crippen molar-refractivity contribution >= 4 is 0 Å². The zero-order chi connectivity index (χ0) is 14.7. The van der Waals surface area contributed by atoms with Crippen LogP contribution in [0.25, 0.3) is 0 Å². The van der Waals surface area contributed by atoms with Gasteiger partial charge in [0.05, 0.1) is 13.1 Å². The van der Waals surface area contributed by atoms with E-state index in [-0.39, 0.29) is 0 Å². The van der Waals surface area contributed by atoms with Gasteiger partial charge in [0.25, 0.3) is 0 Å². The molecule has 0 aliphatic carbocycles. The monoisotopic (exact) mass is 292 g/mol. The van der Waals surface area contributed by atoms with Crippen molar-refractivity contribution in [3.63, 3.8) is 0 Å². The first-order valence-corrected chi connectivity index (χ1v) is 7.23. The minimum absolute atomic E-state index is 0.416. The minimum atomic E-state index is 0.416. The molecule has 3 rings (SSSR count). The van der Waals surface area contributed by atoms with E-state index >= 15 is 0 Å². The third-order valence-electron chi connectivity index (χ3n) is 3.55. The predicted molar refractivity (Wildman–Crippen MR) is 73.2 cm³/mol. The Balaban J connectivity index is 1.48. The number of rotatable bonds is 5. The summed E-state index contributed by atoms with van der Waals surface area (Å²) in [4.78, 5) is 10.8. The maximum absolute atomic E-state index is 5.11. The van der Waals surface area contributed by atoms with Gasteiger partial charge in [-0.2, -0.15) is 9.97 Å². The Bertz CT molecular complexity index is 581. The second-order valence-corrected chi connectivity index (χ2v) is 5.42. The normalized spacial score (nSPS) is 20.0. The fourth-order valence-corrected chi connectivity index (χ4v) is 2.61. The van der Waals surface area contributed by atoms with Gasteiger partial charge in [0.1, 0.15) is 0 Å². The molecule has 0 aromatic carbocycles. The van der Waals surface area contributed by atoms with Gasteiger partial charge >= 0.3 is 0 Å². The Morgan fingerprint density at radius 3 is 2.86 bits per heavy atom. The summed E-state index contributed by atoms with van der Waals surface area (Å²) in [6.07, 6.45) is 2.30. The van der Waals surface area contributed by atoms with Crippen molar-refractivity contribution in [1.29, 1.82) is 0 Å². The molecule has 2 aromatic heterocycles. The first kappa shape index (κ1) is 14.2. The van der Waals surface area contributed by atoms with E-state index in [2.05, 4.69) is 30.5 Å². The lowest BCUT2D eigenvalue weighted by atomic mass is 10.1. The molecule has 1 N–H and O–H groups in total. The molecule has 3 heterocycles. The van der Waals surface area contributed by atoms with Crippen LogP contribution in [-0.4, -0.2) is 44.3 Å². The summed E-state index contributed by atoms with van der Waals surface area (Å²) in [6, 6.07) is 0.416. The number of aryl methyl sites for hydroxylation is 2. The van der Waals surface area contributed by atoms with Crippen molar-refractivity contribution in [2.45, 2.75) is 45.8 Å². The zero-order valence-electron chi connectivity index (χ0n) is 12.4. The molecule has 114 valence electrons. The lowest BCUT2D eigenvalue weighted by Crippen LogP contribution is -2.45. The molecule has 0 saturated carbocycles. The highest BCUT2D eigenvalue weighted by molar-refractivity contribution is 4.88. The van der Waals surface area contributed by atoms with Gasteiger partial charge in [-0.15, -0.1) is 0 Å². The molecule has 1 atom stereocenters. The van der Waals surface area contributed by atoms with Crippen molar-refractivity contribution in [1.82, 2.24) is 30.5 Å². The van der Waals surface area contributed by atoms with Gasteiger partial charge < -0.3 is 14.4 Å². The van der Waals surface area contributed by atoms with E-state index in [4.69, 9.17) is 9.05 Å². The van der Waals surface area contributed by atoms with Gasteiger partial charge in [-0.1, -0.05) is 10.3 Å². The van der Waals surface area contributed by atoms with Gasteiger partial charge in [0, 0.05) is 19.5 Å². The smallest absolute Gasteiger partial charge is 0.240 e. The van der Waals surface area contributed by atoms with Crippen molar-refractivity contribution in [3.8, 4) is 0 Å².